The fourth-order valence-corrected chi connectivity index (χ4v) is 8.21. The minimum absolute atomic E-state index is 0.0603. The van der Waals surface area contributed by atoms with Gasteiger partial charge in [0.2, 0.25) is 0 Å². The number of carbonyl (C=O) groups excluding carboxylic acids is 1. The maximum absolute atomic E-state index is 13.4. The molecule has 1 amide bonds. The molecule has 1 aromatic carbocycles. The molecule has 0 aromatic heterocycles. The number of carbonyl (C=O) groups is 1. The first-order valence-electron chi connectivity index (χ1n) is 12.7. The van der Waals surface area contributed by atoms with Crippen LogP contribution in [0, 0.1) is 0 Å². The lowest BCUT2D eigenvalue weighted by Gasteiger charge is -2.54. The van der Waals surface area contributed by atoms with E-state index >= 15 is 0 Å². The molecule has 5 heterocycles. The standard InChI is InChI=1S/C28H30N4O3/c1-28-26(34-3)17(29-2)12-20(35-28)31-18-10-6-4-8-14(18)22-23-16(13-30-27(23)33)21-15-9-5-7-11-19(15)32(28)25(21)24(22)31/h4-11,14-15,17-20,26,29H,12-13H2,1-3H3,(H,30,33). The third-order valence-electron chi connectivity index (χ3n) is 9.42. The second-order valence-corrected chi connectivity index (χ2v) is 10.8. The Kier molecular flexibility index (Phi) is 3.87. The number of rotatable bonds is 2. The lowest BCUT2D eigenvalue weighted by Crippen LogP contribution is -2.70. The Hall–Kier alpha value is -2.87. The summed E-state index contributed by atoms with van der Waals surface area (Å²) in [5, 5.41) is 6.72. The summed E-state index contributed by atoms with van der Waals surface area (Å²) in [5.74, 6) is 0.363. The highest BCUT2D eigenvalue weighted by Gasteiger charge is 2.63. The number of methoxy groups -OCH3 is 1. The molecule has 0 radical (unpaired) electrons. The number of ether oxygens (including phenoxy) is 2. The van der Waals surface area contributed by atoms with Gasteiger partial charge in [-0.15, -0.1) is 0 Å². The molecule has 2 bridgehead atoms. The Morgan fingerprint density at radius 2 is 1.77 bits per heavy atom. The summed E-state index contributed by atoms with van der Waals surface area (Å²) in [7, 11) is 3.82. The Balaban J connectivity index is 1.51. The van der Waals surface area contributed by atoms with Gasteiger partial charge < -0.3 is 29.9 Å². The molecule has 5 aliphatic heterocycles. The van der Waals surface area contributed by atoms with Gasteiger partial charge in [-0.2, -0.15) is 0 Å². The Morgan fingerprint density at radius 1 is 1.06 bits per heavy atom. The molecule has 2 N–H and O–H groups in total. The fraction of sp³-hybridized carbons (Fsp3) is 0.464. The van der Waals surface area contributed by atoms with E-state index in [9.17, 15) is 4.79 Å². The first-order valence-corrected chi connectivity index (χ1v) is 12.7. The summed E-state index contributed by atoms with van der Waals surface area (Å²) in [4.78, 5) is 18.4. The molecule has 0 saturated carbocycles. The van der Waals surface area contributed by atoms with Gasteiger partial charge in [0.15, 0.2) is 5.72 Å². The Morgan fingerprint density at radius 3 is 2.51 bits per heavy atom. The molecule has 7 nitrogen and oxygen atoms in total. The van der Waals surface area contributed by atoms with E-state index in [1.807, 2.05) is 7.05 Å². The average molecular weight is 471 g/mol. The van der Waals surface area contributed by atoms with Crippen LogP contribution in [-0.2, 0) is 16.0 Å². The zero-order valence-electron chi connectivity index (χ0n) is 20.2. The van der Waals surface area contributed by atoms with Gasteiger partial charge in [0.1, 0.15) is 12.3 Å². The molecular formula is C28H30N4O3. The zero-order chi connectivity index (χ0) is 23.6. The summed E-state index contributed by atoms with van der Waals surface area (Å²) >= 11 is 0. The number of fused-ring (bicyclic) bond motifs is 13. The second-order valence-electron chi connectivity index (χ2n) is 10.8. The molecule has 7 heteroatoms. The first-order chi connectivity index (χ1) is 17.1. The summed E-state index contributed by atoms with van der Waals surface area (Å²) in [6.07, 6.45) is 18.2. The monoisotopic (exact) mass is 470 g/mol. The SMILES string of the molecule is CNC1CC2OC(C)(C1OC)N1c3c(c4c(c5c3N2C2C=CC=CC52)C(=O)NC4)C2C=CC=CC21. The van der Waals surface area contributed by atoms with Gasteiger partial charge in [-0.3, -0.25) is 4.79 Å². The number of amides is 1. The van der Waals surface area contributed by atoms with Crippen molar-refractivity contribution in [3.63, 3.8) is 0 Å². The van der Waals surface area contributed by atoms with Gasteiger partial charge in [0, 0.05) is 43.5 Å². The van der Waals surface area contributed by atoms with Crippen LogP contribution < -0.4 is 20.4 Å². The third-order valence-corrected chi connectivity index (χ3v) is 9.42. The van der Waals surface area contributed by atoms with Crippen molar-refractivity contribution >= 4 is 17.3 Å². The normalized spacial score (nSPS) is 40.4. The molecule has 1 saturated heterocycles. The van der Waals surface area contributed by atoms with E-state index in [0.717, 1.165) is 12.0 Å². The van der Waals surface area contributed by atoms with Crippen LogP contribution in [0.3, 0.4) is 0 Å². The van der Waals surface area contributed by atoms with E-state index < -0.39 is 5.72 Å². The predicted molar refractivity (Wildman–Crippen MR) is 134 cm³/mol. The van der Waals surface area contributed by atoms with Crippen molar-refractivity contribution in [1.82, 2.24) is 10.6 Å². The van der Waals surface area contributed by atoms with Crippen molar-refractivity contribution in [2.24, 2.45) is 0 Å². The van der Waals surface area contributed by atoms with Gasteiger partial charge in [-0.05, 0) is 25.1 Å². The van der Waals surface area contributed by atoms with Crippen LogP contribution in [-0.4, -0.2) is 56.2 Å². The lowest BCUT2D eigenvalue weighted by atomic mass is 9.82. The third kappa shape index (κ3) is 2.22. The quantitative estimate of drug-likeness (QED) is 0.693. The highest BCUT2D eigenvalue weighted by molar-refractivity contribution is 6.06. The van der Waals surface area contributed by atoms with Crippen molar-refractivity contribution in [3.8, 4) is 0 Å². The Bertz CT molecular complexity index is 1300. The van der Waals surface area contributed by atoms with Gasteiger partial charge in [-0.25, -0.2) is 0 Å². The molecular weight excluding hydrogens is 440 g/mol. The minimum Gasteiger partial charge on any atom is -0.375 e. The maximum Gasteiger partial charge on any atom is 0.252 e. The van der Waals surface area contributed by atoms with Crippen LogP contribution in [0.15, 0.2) is 48.6 Å². The molecule has 1 aromatic rings. The van der Waals surface area contributed by atoms with Crippen LogP contribution in [0.2, 0.25) is 0 Å². The molecule has 8 unspecified atom stereocenters. The summed E-state index contributed by atoms with van der Waals surface area (Å²) in [6, 6.07) is 0.358. The second kappa shape index (κ2) is 6.66. The van der Waals surface area contributed by atoms with Crippen molar-refractivity contribution in [1.29, 1.82) is 0 Å². The molecule has 2 aliphatic carbocycles. The predicted octanol–water partition coefficient (Wildman–Crippen LogP) is 2.81. The maximum atomic E-state index is 13.4. The minimum atomic E-state index is -0.679. The fourth-order valence-electron chi connectivity index (χ4n) is 8.21. The highest BCUT2D eigenvalue weighted by atomic mass is 16.6. The Labute approximate surface area is 205 Å². The average Bonchev–Trinajstić information content (AvgIpc) is 3.51. The van der Waals surface area contributed by atoms with Crippen LogP contribution in [0.5, 0.6) is 0 Å². The number of hydrogen-bond acceptors (Lipinski definition) is 6. The smallest absolute Gasteiger partial charge is 0.252 e. The summed E-state index contributed by atoms with van der Waals surface area (Å²) < 4.78 is 13.4. The molecule has 8 atom stereocenters. The van der Waals surface area contributed by atoms with E-state index in [1.165, 1.54) is 28.1 Å². The highest BCUT2D eigenvalue weighted by Crippen LogP contribution is 2.64. The number of likely N-dealkylation sites (N-methyl/N-ethyl adjacent to an activating group) is 1. The number of hydrogen-bond donors (Lipinski definition) is 2. The van der Waals surface area contributed by atoms with Gasteiger partial charge in [0.05, 0.1) is 29.0 Å². The molecule has 8 rings (SSSR count). The summed E-state index contributed by atoms with van der Waals surface area (Å²) in [6.45, 7) is 2.79. The van der Waals surface area contributed by atoms with Gasteiger partial charge in [-0.1, -0.05) is 48.6 Å². The molecule has 180 valence electrons. The largest absolute Gasteiger partial charge is 0.375 e. The number of nitrogens with one attached hydrogen (secondary N) is 2. The molecule has 35 heavy (non-hydrogen) atoms. The van der Waals surface area contributed by atoms with Gasteiger partial charge >= 0.3 is 0 Å². The van der Waals surface area contributed by atoms with E-state index in [1.54, 1.807) is 7.11 Å². The number of anilines is 2. The van der Waals surface area contributed by atoms with Crippen molar-refractivity contribution in [2.45, 2.75) is 67.9 Å². The molecule has 7 aliphatic rings. The molecule has 0 spiro atoms. The van der Waals surface area contributed by atoms with Crippen LogP contribution in [0.4, 0.5) is 11.4 Å². The van der Waals surface area contributed by atoms with Crippen molar-refractivity contribution < 1.29 is 14.3 Å². The number of allylic oxidation sites excluding steroid dienone is 4. The topological polar surface area (TPSA) is 66.1 Å². The summed E-state index contributed by atoms with van der Waals surface area (Å²) in [5.41, 5.74) is 6.28. The number of benzene rings is 1. The number of nitrogens with zero attached hydrogens (tertiary/aromatic N) is 2. The van der Waals surface area contributed by atoms with Crippen LogP contribution in [0.1, 0.15) is 52.2 Å². The lowest BCUT2D eigenvalue weighted by molar-refractivity contribution is -0.199. The van der Waals surface area contributed by atoms with E-state index in [0.29, 0.717) is 6.54 Å². The van der Waals surface area contributed by atoms with Gasteiger partial charge in [0.25, 0.3) is 5.91 Å². The van der Waals surface area contributed by atoms with Crippen molar-refractivity contribution in [2.75, 3.05) is 24.0 Å². The van der Waals surface area contributed by atoms with E-state index in [2.05, 4.69) is 76.0 Å². The van der Waals surface area contributed by atoms with E-state index in [4.69, 9.17) is 9.47 Å². The van der Waals surface area contributed by atoms with E-state index in [-0.39, 0.29) is 48.2 Å². The first kappa shape index (κ1) is 20.3. The van der Waals surface area contributed by atoms with Crippen LogP contribution in [0.25, 0.3) is 0 Å². The van der Waals surface area contributed by atoms with Crippen LogP contribution >= 0.6 is 0 Å². The molecule has 1 fully saturated rings. The zero-order valence-corrected chi connectivity index (χ0v) is 20.2. The van der Waals surface area contributed by atoms with Crippen molar-refractivity contribution in [3.05, 3.63) is 70.9 Å².